The minimum Gasteiger partial charge on any atom is -0.465 e. The lowest BCUT2D eigenvalue weighted by Crippen LogP contribution is -2.30. The number of urea groups is 1. The Bertz CT molecular complexity index is 1240. The lowest BCUT2D eigenvalue weighted by atomic mass is 10.0. The second-order valence-electron chi connectivity index (χ2n) is 7.23. The summed E-state index contributed by atoms with van der Waals surface area (Å²) >= 11 is 0. The van der Waals surface area contributed by atoms with Gasteiger partial charge in [0.25, 0.3) is 5.91 Å². The number of nitrogens with zero attached hydrogens (tertiary/aromatic N) is 1. The Morgan fingerprint density at radius 3 is 2.59 bits per heavy atom. The molecule has 1 saturated heterocycles. The number of ether oxygens (including phenoxy) is 1. The van der Waals surface area contributed by atoms with Gasteiger partial charge in [0.1, 0.15) is 23.0 Å². The number of amides is 3. The van der Waals surface area contributed by atoms with Crippen molar-refractivity contribution in [3.05, 3.63) is 88.6 Å². The van der Waals surface area contributed by atoms with Crippen LogP contribution in [0.25, 0.3) is 17.4 Å². The van der Waals surface area contributed by atoms with E-state index in [1.165, 1.54) is 37.5 Å². The normalized spacial score (nSPS) is 14.7. The molecule has 1 aliphatic heterocycles. The first-order valence-corrected chi connectivity index (χ1v) is 9.74. The van der Waals surface area contributed by atoms with Gasteiger partial charge in [-0.1, -0.05) is 18.2 Å². The van der Waals surface area contributed by atoms with Gasteiger partial charge in [0.05, 0.1) is 19.2 Å². The number of imide groups is 1. The number of rotatable bonds is 5. The van der Waals surface area contributed by atoms with Gasteiger partial charge in [-0.2, -0.15) is 0 Å². The number of aryl methyl sites for hydroxylation is 1. The van der Waals surface area contributed by atoms with Crippen molar-refractivity contribution in [3.8, 4) is 11.3 Å². The first-order valence-electron chi connectivity index (χ1n) is 9.74. The minimum atomic E-state index is -0.570. The van der Waals surface area contributed by atoms with Gasteiger partial charge in [-0.25, -0.2) is 14.0 Å². The molecule has 0 saturated carbocycles. The highest BCUT2D eigenvalue weighted by Crippen LogP contribution is 2.28. The standard InChI is InChI=1S/C24H19FN2O5/c1-14-3-6-16(23(29)31-2)11-19(14)21-10-9-18(32-21)12-20-22(28)27(24(30)26-20)13-15-4-7-17(25)8-5-15/h3-12H,13H2,1-2H3,(H,26,30)/b20-12+. The molecular weight excluding hydrogens is 415 g/mol. The zero-order chi connectivity index (χ0) is 22.8. The predicted octanol–water partition coefficient (Wildman–Crippen LogP) is 4.27. The molecule has 1 fully saturated rings. The van der Waals surface area contributed by atoms with Crippen LogP contribution in [0.2, 0.25) is 0 Å². The van der Waals surface area contributed by atoms with E-state index in [0.29, 0.717) is 28.2 Å². The Balaban J connectivity index is 1.56. The molecule has 2 heterocycles. The fraction of sp³-hybridized carbons (Fsp3) is 0.125. The second-order valence-corrected chi connectivity index (χ2v) is 7.23. The fourth-order valence-electron chi connectivity index (χ4n) is 3.34. The van der Waals surface area contributed by atoms with Crippen molar-refractivity contribution in [2.45, 2.75) is 13.5 Å². The van der Waals surface area contributed by atoms with E-state index in [-0.39, 0.29) is 12.2 Å². The quantitative estimate of drug-likeness (QED) is 0.368. The van der Waals surface area contributed by atoms with Gasteiger partial charge in [-0.3, -0.25) is 9.69 Å². The molecule has 0 spiro atoms. The van der Waals surface area contributed by atoms with Crippen molar-refractivity contribution < 1.29 is 27.9 Å². The number of methoxy groups -OCH3 is 1. The molecule has 3 aromatic rings. The molecule has 0 atom stereocenters. The fourth-order valence-corrected chi connectivity index (χ4v) is 3.34. The molecule has 4 rings (SSSR count). The number of hydrogen-bond acceptors (Lipinski definition) is 5. The van der Waals surface area contributed by atoms with Crippen LogP contribution in [0, 0.1) is 12.7 Å². The summed E-state index contributed by atoms with van der Waals surface area (Å²) in [6.07, 6.45) is 1.44. The Morgan fingerprint density at radius 1 is 1.12 bits per heavy atom. The highest BCUT2D eigenvalue weighted by atomic mass is 19.1. The van der Waals surface area contributed by atoms with Crippen LogP contribution in [0.3, 0.4) is 0 Å². The Hall–Kier alpha value is -4.20. The first-order chi connectivity index (χ1) is 15.4. The molecule has 1 aromatic heterocycles. The van der Waals surface area contributed by atoms with Crippen LogP contribution in [0.15, 0.2) is 64.7 Å². The van der Waals surface area contributed by atoms with Crippen molar-refractivity contribution in [2.24, 2.45) is 0 Å². The summed E-state index contributed by atoms with van der Waals surface area (Å²) in [5, 5.41) is 2.53. The van der Waals surface area contributed by atoms with Gasteiger partial charge in [0.2, 0.25) is 0 Å². The van der Waals surface area contributed by atoms with Crippen LogP contribution in [0.1, 0.15) is 27.2 Å². The Morgan fingerprint density at radius 2 is 1.88 bits per heavy atom. The van der Waals surface area contributed by atoms with E-state index in [1.54, 1.807) is 30.3 Å². The van der Waals surface area contributed by atoms with Crippen LogP contribution in [0.4, 0.5) is 9.18 Å². The zero-order valence-electron chi connectivity index (χ0n) is 17.3. The topological polar surface area (TPSA) is 88.9 Å². The van der Waals surface area contributed by atoms with Crippen molar-refractivity contribution in [1.82, 2.24) is 10.2 Å². The average Bonchev–Trinajstić information content (AvgIpc) is 3.35. The number of benzene rings is 2. The van der Waals surface area contributed by atoms with Gasteiger partial charge >= 0.3 is 12.0 Å². The molecular formula is C24H19FN2O5. The van der Waals surface area contributed by atoms with E-state index in [4.69, 9.17) is 9.15 Å². The largest absolute Gasteiger partial charge is 0.465 e. The zero-order valence-corrected chi connectivity index (χ0v) is 17.3. The number of carbonyl (C=O) groups is 3. The molecule has 0 unspecified atom stereocenters. The lowest BCUT2D eigenvalue weighted by molar-refractivity contribution is -0.123. The maximum Gasteiger partial charge on any atom is 0.337 e. The third kappa shape index (κ3) is 4.15. The molecule has 1 N–H and O–H groups in total. The Labute approximate surface area is 183 Å². The maximum absolute atomic E-state index is 13.1. The molecule has 1 aliphatic rings. The minimum absolute atomic E-state index is 0.0191. The summed E-state index contributed by atoms with van der Waals surface area (Å²) in [5.41, 5.74) is 2.67. The Kier molecular flexibility index (Phi) is 5.59. The molecule has 162 valence electrons. The number of carbonyl (C=O) groups excluding carboxylic acids is 3. The summed E-state index contributed by atoms with van der Waals surface area (Å²) in [7, 11) is 1.31. The summed E-state index contributed by atoms with van der Waals surface area (Å²) in [6.45, 7) is 1.90. The first kappa shape index (κ1) is 21.0. The molecule has 0 bridgehead atoms. The van der Waals surface area contributed by atoms with Crippen molar-refractivity contribution in [3.63, 3.8) is 0 Å². The van der Waals surface area contributed by atoms with Crippen molar-refractivity contribution in [1.29, 1.82) is 0 Å². The number of furan rings is 1. The molecule has 3 amide bonds. The van der Waals surface area contributed by atoms with E-state index in [0.717, 1.165) is 10.5 Å². The number of halogens is 1. The van der Waals surface area contributed by atoms with Crippen molar-refractivity contribution in [2.75, 3.05) is 7.11 Å². The molecule has 0 radical (unpaired) electrons. The third-order valence-electron chi connectivity index (χ3n) is 5.05. The summed E-state index contributed by atoms with van der Waals surface area (Å²) in [5.74, 6) is -0.510. The molecule has 2 aromatic carbocycles. The maximum atomic E-state index is 13.1. The van der Waals surface area contributed by atoms with Crippen LogP contribution >= 0.6 is 0 Å². The van der Waals surface area contributed by atoms with Gasteiger partial charge in [0, 0.05) is 11.6 Å². The van der Waals surface area contributed by atoms with E-state index >= 15 is 0 Å². The van der Waals surface area contributed by atoms with Crippen LogP contribution < -0.4 is 5.32 Å². The number of esters is 1. The van der Waals surface area contributed by atoms with Gasteiger partial charge in [-0.15, -0.1) is 0 Å². The number of nitrogens with one attached hydrogen (secondary N) is 1. The van der Waals surface area contributed by atoms with E-state index in [9.17, 15) is 18.8 Å². The highest BCUT2D eigenvalue weighted by molar-refractivity contribution is 6.13. The lowest BCUT2D eigenvalue weighted by Gasteiger charge is -2.11. The van der Waals surface area contributed by atoms with Crippen LogP contribution in [0.5, 0.6) is 0 Å². The monoisotopic (exact) mass is 434 g/mol. The highest BCUT2D eigenvalue weighted by Gasteiger charge is 2.33. The third-order valence-corrected chi connectivity index (χ3v) is 5.05. The summed E-state index contributed by atoms with van der Waals surface area (Å²) in [4.78, 5) is 37.8. The average molecular weight is 434 g/mol. The van der Waals surface area contributed by atoms with Gasteiger partial charge < -0.3 is 14.5 Å². The molecule has 32 heavy (non-hydrogen) atoms. The van der Waals surface area contributed by atoms with Gasteiger partial charge in [-0.05, 0) is 54.4 Å². The van der Waals surface area contributed by atoms with Crippen LogP contribution in [-0.4, -0.2) is 29.9 Å². The van der Waals surface area contributed by atoms with E-state index in [1.807, 2.05) is 6.92 Å². The smallest absolute Gasteiger partial charge is 0.337 e. The predicted molar refractivity (Wildman–Crippen MR) is 114 cm³/mol. The SMILES string of the molecule is COC(=O)c1ccc(C)c(-c2ccc(/C=C3/NC(=O)N(Cc4ccc(F)cc4)C3=O)o2)c1. The van der Waals surface area contributed by atoms with Crippen molar-refractivity contribution >= 4 is 24.0 Å². The van der Waals surface area contributed by atoms with E-state index in [2.05, 4.69) is 5.32 Å². The van der Waals surface area contributed by atoms with E-state index < -0.39 is 23.7 Å². The summed E-state index contributed by atoms with van der Waals surface area (Å²) in [6, 6.07) is 13.5. The molecule has 7 nitrogen and oxygen atoms in total. The number of hydrogen-bond donors (Lipinski definition) is 1. The van der Waals surface area contributed by atoms with Gasteiger partial charge in [0.15, 0.2) is 0 Å². The second kappa shape index (κ2) is 8.50. The molecule has 0 aliphatic carbocycles. The van der Waals surface area contributed by atoms with Crippen LogP contribution in [-0.2, 0) is 16.1 Å². The summed E-state index contributed by atoms with van der Waals surface area (Å²) < 4.78 is 23.7. The molecule has 8 heteroatoms.